The molecule has 2 fully saturated rings. The monoisotopic (exact) mass is 474 g/mol. The molecule has 0 aromatic heterocycles. The predicted octanol–water partition coefficient (Wildman–Crippen LogP) is 5.24. The summed E-state index contributed by atoms with van der Waals surface area (Å²) >= 11 is 7.59. The zero-order valence-corrected chi connectivity index (χ0v) is 18.0. The number of halogens is 2. The Balaban J connectivity index is 1.46. The average molecular weight is 476 g/mol. The van der Waals surface area contributed by atoms with E-state index in [0.717, 1.165) is 38.7 Å². The van der Waals surface area contributed by atoms with Crippen molar-refractivity contribution in [2.75, 3.05) is 6.61 Å². The lowest BCUT2D eigenvalue weighted by Crippen LogP contribution is -2.36. The van der Waals surface area contributed by atoms with Crippen molar-refractivity contribution in [2.45, 2.75) is 79.7 Å². The van der Waals surface area contributed by atoms with Crippen molar-refractivity contribution in [3.63, 3.8) is 0 Å². The number of hydrogen-bond acceptors (Lipinski definition) is 3. The van der Waals surface area contributed by atoms with Crippen molar-refractivity contribution >= 4 is 31.9 Å². The van der Waals surface area contributed by atoms with Gasteiger partial charge >= 0.3 is 0 Å². The van der Waals surface area contributed by atoms with Gasteiger partial charge in [0.1, 0.15) is 0 Å². The highest BCUT2D eigenvalue weighted by atomic mass is 79.9. The summed E-state index contributed by atoms with van der Waals surface area (Å²) in [4.78, 5) is 0.851. The van der Waals surface area contributed by atoms with Gasteiger partial charge in [0.05, 0.1) is 31.0 Å². The molecular weight excluding hydrogens is 448 g/mol. The van der Waals surface area contributed by atoms with Gasteiger partial charge in [-0.1, -0.05) is 69.1 Å². The minimum atomic E-state index is 0.171. The van der Waals surface area contributed by atoms with E-state index in [0.29, 0.717) is 16.3 Å². The van der Waals surface area contributed by atoms with E-state index in [1.807, 2.05) is 18.2 Å². The van der Waals surface area contributed by atoms with Crippen LogP contribution < -0.4 is 0 Å². The second kappa shape index (κ2) is 9.84. The Morgan fingerprint density at radius 3 is 2.72 bits per heavy atom. The maximum absolute atomic E-state index is 6.46. The molecule has 2 aliphatic heterocycles. The lowest BCUT2D eigenvalue weighted by molar-refractivity contribution is -0.0615. The summed E-state index contributed by atoms with van der Waals surface area (Å²) in [7, 11) is 0. The molecule has 1 aromatic carbocycles. The number of hydrogen-bond donors (Lipinski definition) is 0. The van der Waals surface area contributed by atoms with E-state index in [-0.39, 0.29) is 24.4 Å². The predicted molar refractivity (Wildman–Crippen MR) is 108 cm³/mol. The Morgan fingerprint density at radius 1 is 1.16 bits per heavy atom. The molecule has 6 atom stereocenters. The summed E-state index contributed by atoms with van der Waals surface area (Å²) < 4.78 is 18.6. The lowest BCUT2D eigenvalue weighted by Gasteiger charge is -2.29. The van der Waals surface area contributed by atoms with Crippen LogP contribution in [-0.4, -0.2) is 40.7 Å². The average Bonchev–Trinajstić information content (AvgIpc) is 2.89. The minimum Gasteiger partial charge on any atom is -0.377 e. The molecular formula is C20H28Br2O3. The van der Waals surface area contributed by atoms with Gasteiger partial charge in [0, 0.05) is 22.7 Å². The van der Waals surface area contributed by atoms with E-state index in [4.69, 9.17) is 14.2 Å². The lowest BCUT2D eigenvalue weighted by atomic mass is 9.99. The first-order valence-corrected chi connectivity index (χ1v) is 11.2. The normalized spacial score (nSPS) is 33.2. The first-order chi connectivity index (χ1) is 12.2. The molecule has 2 heterocycles. The summed E-state index contributed by atoms with van der Waals surface area (Å²) in [6.45, 7) is 3.64. The third-order valence-corrected chi connectivity index (χ3v) is 7.32. The maximum atomic E-state index is 6.46. The zero-order chi connectivity index (χ0) is 17.6. The molecule has 25 heavy (non-hydrogen) atoms. The van der Waals surface area contributed by atoms with Gasteiger partial charge in [-0.05, 0) is 31.2 Å². The van der Waals surface area contributed by atoms with Crippen LogP contribution >= 0.6 is 31.9 Å². The van der Waals surface area contributed by atoms with E-state index >= 15 is 0 Å². The van der Waals surface area contributed by atoms with E-state index in [1.54, 1.807) is 0 Å². The van der Waals surface area contributed by atoms with Gasteiger partial charge in [0.25, 0.3) is 0 Å². The standard InChI is InChI=1S/C20H28Br2O3/c1-2-15(21)18-12-19-16(22)11-20(25-19)17(24-18)9-6-10-23-13-14-7-4-3-5-8-14/h3-5,7-8,15-20H,2,6,9-13H2,1H3/t15-,16-,17-,18+,19-,20-/m0/s1. The molecule has 0 aliphatic carbocycles. The number of alkyl halides is 2. The van der Waals surface area contributed by atoms with Crippen molar-refractivity contribution in [2.24, 2.45) is 0 Å². The molecule has 0 radical (unpaired) electrons. The second-order valence-electron chi connectivity index (χ2n) is 7.02. The van der Waals surface area contributed by atoms with Crippen LogP contribution in [0.5, 0.6) is 0 Å². The smallest absolute Gasteiger partial charge is 0.0852 e. The van der Waals surface area contributed by atoms with Crippen LogP contribution in [0.15, 0.2) is 30.3 Å². The SMILES string of the molecule is CC[C@H](Br)[C@H]1C[C@@H]2O[C@@H](C[C@@H]2Br)[C@H](CCCOCc2ccccc2)O1. The van der Waals surface area contributed by atoms with Crippen molar-refractivity contribution in [3.8, 4) is 0 Å². The van der Waals surface area contributed by atoms with E-state index in [9.17, 15) is 0 Å². The number of fused-ring (bicyclic) bond motifs is 2. The molecule has 5 heteroatoms. The second-order valence-corrected chi connectivity index (χ2v) is 9.37. The van der Waals surface area contributed by atoms with Crippen molar-refractivity contribution in [3.05, 3.63) is 35.9 Å². The summed E-state index contributed by atoms with van der Waals surface area (Å²) in [5.74, 6) is 0. The maximum Gasteiger partial charge on any atom is 0.0852 e. The van der Waals surface area contributed by atoms with Crippen LogP contribution in [-0.2, 0) is 20.8 Å². The molecule has 3 nitrogen and oxygen atoms in total. The van der Waals surface area contributed by atoms with Crippen LogP contribution in [0.2, 0.25) is 0 Å². The molecule has 1 aromatic rings. The summed E-state index contributed by atoms with van der Waals surface area (Å²) in [6.07, 6.45) is 5.98. The number of ether oxygens (including phenoxy) is 3. The van der Waals surface area contributed by atoms with Crippen molar-refractivity contribution < 1.29 is 14.2 Å². The van der Waals surface area contributed by atoms with Crippen molar-refractivity contribution in [1.29, 1.82) is 0 Å². The van der Waals surface area contributed by atoms with Gasteiger partial charge in [-0.3, -0.25) is 0 Å². The molecule has 0 saturated carbocycles. The molecule has 2 aliphatic rings. The van der Waals surface area contributed by atoms with Gasteiger partial charge in [-0.15, -0.1) is 0 Å². The van der Waals surface area contributed by atoms with Gasteiger partial charge < -0.3 is 14.2 Å². The van der Waals surface area contributed by atoms with Gasteiger partial charge in [-0.2, -0.15) is 0 Å². The van der Waals surface area contributed by atoms with Crippen LogP contribution in [0.1, 0.15) is 44.6 Å². The summed E-state index contributed by atoms with van der Waals surface area (Å²) in [5, 5.41) is 0. The molecule has 0 N–H and O–H groups in total. The Morgan fingerprint density at radius 2 is 1.96 bits per heavy atom. The highest BCUT2D eigenvalue weighted by Gasteiger charge is 2.44. The number of rotatable bonds is 8. The van der Waals surface area contributed by atoms with Crippen molar-refractivity contribution in [1.82, 2.24) is 0 Å². The molecule has 2 saturated heterocycles. The Kier molecular flexibility index (Phi) is 7.80. The van der Waals surface area contributed by atoms with E-state index in [1.165, 1.54) is 5.56 Å². The van der Waals surface area contributed by atoms with Gasteiger partial charge in [0.2, 0.25) is 0 Å². The quantitative estimate of drug-likeness (QED) is 0.380. The van der Waals surface area contributed by atoms with Crippen LogP contribution in [0.4, 0.5) is 0 Å². The molecule has 0 amide bonds. The first-order valence-electron chi connectivity index (χ1n) is 9.38. The van der Waals surface area contributed by atoms with Gasteiger partial charge in [0.15, 0.2) is 0 Å². The molecule has 2 bridgehead atoms. The fraction of sp³-hybridized carbons (Fsp3) is 0.700. The summed E-state index contributed by atoms with van der Waals surface area (Å²) in [6, 6.07) is 10.3. The zero-order valence-electron chi connectivity index (χ0n) is 14.8. The first kappa shape index (κ1) is 19.8. The third-order valence-electron chi connectivity index (χ3n) is 5.12. The minimum absolute atomic E-state index is 0.171. The number of benzene rings is 1. The largest absolute Gasteiger partial charge is 0.377 e. The van der Waals surface area contributed by atoms with E-state index in [2.05, 4.69) is 50.9 Å². The van der Waals surface area contributed by atoms with E-state index < -0.39 is 0 Å². The molecule has 0 unspecified atom stereocenters. The Hall–Kier alpha value is 0.0600. The fourth-order valence-corrected chi connectivity index (χ4v) is 4.73. The van der Waals surface area contributed by atoms with Crippen LogP contribution in [0.3, 0.4) is 0 Å². The Labute approximate surface area is 168 Å². The highest BCUT2D eigenvalue weighted by Crippen LogP contribution is 2.39. The van der Waals surface area contributed by atoms with Crippen LogP contribution in [0.25, 0.3) is 0 Å². The van der Waals surface area contributed by atoms with Gasteiger partial charge in [-0.25, -0.2) is 0 Å². The Bertz CT molecular complexity index is 513. The molecule has 3 rings (SSSR count). The molecule has 0 spiro atoms. The molecule has 140 valence electrons. The topological polar surface area (TPSA) is 27.7 Å². The summed E-state index contributed by atoms with van der Waals surface area (Å²) in [5.41, 5.74) is 1.22. The highest BCUT2D eigenvalue weighted by molar-refractivity contribution is 9.09. The third kappa shape index (κ3) is 5.52. The fourth-order valence-electron chi connectivity index (χ4n) is 3.68. The van der Waals surface area contributed by atoms with Crippen LogP contribution in [0, 0.1) is 0 Å².